The molecule has 0 spiro atoms. The lowest BCUT2D eigenvalue weighted by Gasteiger charge is -2.25. The molecule has 19 heavy (non-hydrogen) atoms. The highest BCUT2D eigenvalue weighted by atomic mass is 15.3. The molecule has 1 aromatic rings. The van der Waals surface area contributed by atoms with E-state index in [0.29, 0.717) is 6.04 Å². The minimum absolute atomic E-state index is 0.569. The van der Waals surface area contributed by atoms with Crippen molar-refractivity contribution in [1.29, 1.82) is 0 Å². The molecule has 0 aromatic carbocycles. The Morgan fingerprint density at radius 1 is 1.26 bits per heavy atom. The van der Waals surface area contributed by atoms with Crippen molar-refractivity contribution in [3.05, 3.63) is 17.5 Å². The van der Waals surface area contributed by atoms with Crippen LogP contribution in [0.1, 0.15) is 58.3 Å². The lowest BCUT2D eigenvalue weighted by Crippen LogP contribution is -2.37. The quantitative estimate of drug-likeness (QED) is 0.742. The molecule has 1 rings (SSSR count). The first kappa shape index (κ1) is 16.2. The zero-order valence-corrected chi connectivity index (χ0v) is 13.4. The van der Waals surface area contributed by atoms with E-state index in [1.807, 2.05) is 0 Å². The van der Waals surface area contributed by atoms with E-state index < -0.39 is 0 Å². The number of nitrogens with one attached hydrogen (secondary N) is 1. The standard InChI is InChI=1S/C16H31N3/c1-6-9-13(4)16(17-10-7-2)12-15-11-14(8-3)18-19(15)5/h11,13,16-17H,6-10,12H2,1-5H3. The zero-order valence-electron chi connectivity index (χ0n) is 13.4. The van der Waals surface area contributed by atoms with Crippen molar-refractivity contribution >= 4 is 0 Å². The minimum Gasteiger partial charge on any atom is -0.313 e. The van der Waals surface area contributed by atoms with E-state index in [9.17, 15) is 0 Å². The summed E-state index contributed by atoms with van der Waals surface area (Å²) < 4.78 is 2.05. The van der Waals surface area contributed by atoms with Crippen molar-refractivity contribution in [3.8, 4) is 0 Å². The fourth-order valence-corrected chi connectivity index (χ4v) is 2.62. The van der Waals surface area contributed by atoms with Crippen LogP contribution < -0.4 is 5.32 Å². The second kappa shape index (κ2) is 8.36. The number of aryl methyl sites for hydroxylation is 2. The van der Waals surface area contributed by atoms with Crippen LogP contribution >= 0.6 is 0 Å². The molecule has 1 heterocycles. The summed E-state index contributed by atoms with van der Waals surface area (Å²) in [4.78, 5) is 0. The zero-order chi connectivity index (χ0) is 14.3. The summed E-state index contributed by atoms with van der Waals surface area (Å²) in [6, 6.07) is 2.83. The molecule has 2 unspecified atom stereocenters. The molecule has 2 atom stereocenters. The van der Waals surface area contributed by atoms with E-state index in [4.69, 9.17) is 0 Å². The van der Waals surface area contributed by atoms with Gasteiger partial charge in [0.25, 0.3) is 0 Å². The first-order valence-corrected chi connectivity index (χ1v) is 7.87. The Kier molecular flexibility index (Phi) is 7.14. The molecule has 110 valence electrons. The van der Waals surface area contributed by atoms with Crippen LogP contribution in [0.2, 0.25) is 0 Å². The van der Waals surface area contributed by atoms with Gasteiger partial charge >= 0.3 is 0 Å². The van der Waals surface area contributed by atoms with Crippen molar-refractivity contribution in [2.45, 2.75) is 65.8 Å². The average Bonchev–Trinajstić information content (AvgIpc) is 2.75. The van der Waals surface area contributed by atoms with Gasteiger partial charge in [-0.2, -0.15) is 5.10 Å². The van der Waals surface area contributed by atoms with Crippen LogP contribution in [-0.2, 0) is 19.9 Å². The molecule has 0 amide bonds. The van der Waals surface area contributed by atoms with Crippen molar-refractivity contribution in [2.75, 3.05) is 6.54 Å². The van der Waals surface area contributed by atoms with Crippen LogP contribution in [0.5, 0.6) is 0 Å². The van der Waals surface area contributed by atoms with Crippen LogP contribution in [0.4, 0.5) is 0 Å². The van der Waals surface area contributed by atoms with Gasteiger partial charge in [0.1, 0.15) is 0 Å². The third-order valence-electron chi connectivity index (χ3n) is 3.91. The van der Waals surface area contributed by atoms with Gasteiger partial charge in [-0.05, 0) is 37.8 Å². The smallest absolute Gasteiger partial charge is 0.0624 e. The summed E-state index contributed by atoms with van der Waals surface area (Å²) in [5.41, 5.74) is 2.56. The fraction of sp³-hybridized carbons (Fsp3) is 0.812. The Balaban J connectivity index is 2.71. The third kappa shape index (κ3) is 4.98. The molecule has 0 saturated carbocycles. The van der Waals surface area contributed by atoms with E-state index in [2.05, 4.69) is 55.9 Å². The summed E-state index contributed by atoms with van der Waals surface area (Å²) in [7, 11) is 2.07. The molecular weight excluding hydrogens is 234 g/mol. The summed E-state index contributed by atoms with van der Waals surface area (Å²) in [6.07, 6.45) is 5.86. The van der Waals surface area contributed by atoms with Gasteiger partial charge in [0, 0.05) is 25.2 Å². The lowest BCUT2D eigenvalue weighted by atomic mass is 9.93. The van der Waals surface area contributed by atoms with Crippen LogP contribution in [0, 0.1) is 5.92 Å². The maximum Gasteiger partial charge on any atom is 0.0624 e. The highest BCUT2D eigenvalue weighted by Crippen LogP contribution is 2.16. The van der Waals surface area contributed by atoms with E-state index in [-0.39, 0.29) is 0 Å². The third-order valence-corrected chi connectivity index (χ3v) is 3.91. The van der Waals surface area contributed by atoms with Gasteiger partial charge in [0.05, 0.1) is 5.69 Å². The summed E-state index contributed by atoms with van der Waals surface area (Å²) in [5, 5.41) is 8.27. The van der Waals surface area contributed by atoms with Crippen LogP contribution in [0.15, 0.2) is 6.07 Å². The number of rotatable bonds is 9. The molecule has 0 radical (unpaired) electrons. The summed E-state index contributed by atoms with van der Waals surface area (Å²) in [6.45, 7) is 10.1. The maximum absolute atomic E-state index is 4.56. The number of nitrogens with zero attached hydrogens (tertiary/aromatic N) is 2. The molecule has 0 saturated heterocycles. The van der Waals surface area contributed by atoms with Crippen LogP contribution in [0.25, 0.3) is 0 Å². The monoisotopic (exact) mass is 265 g/mol. The molecule has 1 N–H and O–H groups in total. The molecule has 0 bridgehead atoms. The molecule has 0 aliphatic heterocycles. The van der Waals surface area contributed by atoms with Crippen molar-refractivity contribution in [3.63, 3.8) is 0 Å². The summed E-state index contributed by atoms with van der Waals surface area (Å²) in [5.74, 6) is 0.719. The van der Waals surface area contributed by atoms with Gasteiger partial charge < -0.3 is 5.32 Å². The van der Waals surface area contributed by atoms with Gasteiger partial charge in [-0.3, -0.25) is 4.68 Å². The van der Waals surface area contributed by atoms with Gasteiger partial charge in [0.2, 0.25) is 0 Å². The maximum atomic E-state index is 4.56. The second-order valence-corrected chi connectivity index (χ2v) is 5.63. The Morgan fingerprint density at radius 2 is 2.00 bits per heavy atom. The van der Waals surface area contributed by atoms with Gasteiger partial charge in [-0.25, -0.2) is 0 Å². The molecule has 0 fully saturated rings. The number of aromatic nitrogens is 2. The normalized spacial score (nSPS) is 14.6. The predicted octanol–water partition coefficient (Wildman–Crippen LogP) is 3.33. The second-order valence-electron chi connectivity index (χ2n) is 5.63. The van der Waals surface area contributed by atoms with Gasteiger partial charge in [-0.15, -0.1) is 0 Å². The van der Waals surface area contributed by atoms with E-state index in [1.54, 1.807) is 0 Å². The first-order chi connectivity index (χ1) is 9.12. The fourth-order valence-electron chi connectivity index (χ4n) is 2.62. The molecule has 0 aliphatic carbocycles. The number of hydrogen-bond acceptors (Lipinski definition) is 2. The minimum atomic E-state index is 0.569. The molecule has 0 aliphatic rings. The van der Waals surface area contributed by atoms with Gasteiger partial charge in [0.15, 0.2) is 0 Å². The Hall–Kier alpha value is -0.830. The van der Waals surface area contributed by atoms with Crippen molar-refractivity contribution in [1.82, 2.24) is 15.1 Å². The Morgan fingerprint density at radius 3 is 2.53 bits per heavy atom. The van der Waals surface area contributed by atoms with Gasteiger partial charge in [-0.1, -0.05) is 34.1 Å². The summed E-state index contributed by atoms with van der Waals surface area (Å²) >= 11 is 0. The van der Waals surface area contributed by atoms with Crippen molar-refractivity contribution < 1.29 is 0 Å². The highest BCUT2D eigenvalue weighted by molar-refractivity contribution is 5.11. The topological polar surface area (TPSA) is 29.9 Å². The first-order valence-electron chi connectivity index (χ1n) is 7.87. The predicted molar refractivity (Wildman–Crippen MR) is 82.4 cm³/mol. The molecular formula is C16H31N3. The van der Waals surface area contributed by atoms with E-state index in [0.717, 1.165) is 25.3 Å². The van der Waals surface area contributed by atoms with Crippen LogP contribution in [0.3, 0.4) is 0 Å². The molecule has 1 aromatic heterocycles. The van der Waals surface area contributed by atoms with Crippen molar-refractivity contribution in [2.24, 2.45) is 13.0 Å². The SMILES string of the molecule is CCCNC(Cc1cc(CC)nn1C)C(C)CCC. The lowest BCUT2D eigenvalue weighted by molar-refractivity contribution is 0.347. The molecule has 3 heteroatoms. The molecule has 3 nitrogen and oxygen atoms in total. The van der Waals surface area contributed by atoms with E-state index >= 15 is 0 Å². The largest absolute Gasteiger partial charge is 0.313 e. The highest BCUT2D eigenvalue weighted by Gasteiger charge is 2.18. The van der Waals surface area contributed by atoms with Crippen LogP contribution in [-0.4, -0.2) is 22.4 Å². The Labute approximate surface area is 118 Å². The Bertz CT molecular complexity index is 357. The number of hydrogen-bond donors (Lipinski definition) is 1. The average molecular weight is 265 g/mol. The van der Waals surface area contributed by atoms with E-state index in [1.165, 1.54) is 30.7 Å².